The Morgan fingerprint density at radius 2 is 1.61 bits per heavy atom. The number of ether oxygens (including phenoxy) is 4. The molecular weight excluding hydrogens is 460 g/mol. The second-order valence-electron chi connectivity index (χ2n) is 7.61. The van der Waals surface area contributed by atoms with Gasteiger partial charge in [0.25, 0.3) is 5.91 Å². The van der Waals surface area contributed by atoms with Crippen molar-refractivity contribution in [2.24, 2.45) is 5.10 Å². The lowest BCUT2D eigenvalue weighted by molar-refractivity contribution is 0.0950. The minimum Gasteiger partial charge on any atom is -0.496 e. The molecule has 1 amide bonds. The van der Waals surface area contributed by atoms with E-state index in [1.54, 1.807) is 18.2 Å². The fourth-order valence-corrected chi connectivity index (χ4v) is 3.42. The lowest BCUT2D eigenvalue weighted by Crippen LogP contribution is -2.18. The highest BCUT2D eigenvalue weighted by atomic mass is 16.5. The van der Waals surface area contributed by atoms with Gasteiger partial charge in [0.15, 0.2) is 11.5 Å². The molecule has 0 radical (unpaired) electrons. The minimum atomic E-state index is -0.438. The van der Waals surface area contributed by atoms with Crippen molar-refractivity contribution < 1.29 is 23.7 Å². The molecule has 9 heteroatoms. The van der Waals surface area contributed by atoms with Gasteiger partial charge in [-0.1, -0.05) is 30.3 Å². The third-order valence-corrected chi connectivity index (χ3v) is 5.33. The number of methoxy groups -OCH3 is 3. The van der Waals surface area contributed by atoms with Crippen molar-refractivity contribution in [3.8, 4) is 34.3 Å². The summed E-state index contributed by atoms with van der Waals surface area (Å²) < 4.78 is 21.8. The summed E-state index contributed by atoms with van der Waals surface area (Å²) in [7, 11) is 4.61. The van der Waals surface area contributed by atoms with Crippen LogP contribution in [-0.2, 0) is 6.61 Å². The number of rotatable bonds is 10. The lowest BCUT2D eigenvalue weighted by atomic mass is 10.1. The molecule has 0 fully saturated rings. The average Bonchev–Trinajstić information content (AvgIpc) is 3.43. The highest BCUT2D eigenvalue weighted by molar-refractivity contribution is 5.94. The Kier molecular flexibility index (Phi) is 7.82. The minimum absolute atomic E-state index is 0.269. The molecule has 1 aromatic heterocycles. The molecule has 0 spiro atoms. The maximum Gasteiger partial charge on any atom is 0.289 e. The van der Waals surface area contributed by atoms with Gasteiger partial charge in [0.1, 0.15) is 23.8 Å². The van der Waals surface area contributed by atoms with Crippen LogP contribution in [0.25, 0.3) is 11.3 Å². The summed E-state index contributed by atoms with van der Waals surface area (Å²) in [5.74, 6) is 1.87. The normalized spacial score (nSPS) is 10.8. The van der Waals surface area contributed by atoms with Crippen LogP contribution in [0, 0.1) is 0 Å². The Morgan fingerprint density at radius 1 is 0.917 bits per heavy atom. The van der Waals surface area contributed by atoms with Crippen molar-refractivity contribution in [1.82, 2.24) is 15.6 Å². The van der Waals surface area contributed by atoms with Crippen LogP contribution in [0.2, 0.25) is 0 Å². The molecular formula is C27H26N4O5. The number of carbonyl (C=O) groups is 1. The molecule has 0 unspecified atom stereocenters. The first kappa shape index (κ1) is 24.3. The van der Waals surface area contributed by atoms with Gasteiger partial charge in [-0.2, -0.15) is 10.2 Å². The lowest BCUT2D eigenvalue weighted by Gasteiger charge is -2.11. The number of aromatic nitrogens is 2. The quantitative estimate of drug-likeness (QED) is 0.253. The zero-order valence-electron chi connectivity index (χ0n) is 20.1. The van der Waals surface area contributed by atoms with Crippen molar-refractivity contribution in [2.45, 2.75) is 6.61 Å². The summed E-state index contributed by atoms with van der Waals surface area (Å²) in [6.45, 7) is 0.489. The van der Waals surface area contributed by atoms with Crippen LogP contribution in [0.3, 0.4) is 0 Å². The smallest absolute Gasteiger partial charge is 0.289 e. The van der Waals surface area contributed by atoms with E-state index >= 15 is 0 Å². The topological polar surface area (TPSA) is 107 Å². The molecule has 9 nitrogen and oxygen atoms in total. The van der Waals surface area contributed by atoms with Crippen LogP contribution < -0.4 is 24.4 Å². The summed E-state index contributed by atoms with van der Waals surface area (Å²) in [4.78, 5) is 12.5. The summed E-state index contributed by atoms with van der Waals surface area (Å²) >= 11 is 0. The van der Waals surface area contributed by atoms with Gasteiger partial charge in [-0.3, -0.25) is 9.89 Å². The molecule has 4 aromatic rings. The fraction of sp³-hybridized carbons (Fsp3) is 0.148. The van der Waals surface area contributed by atoms with Crippen LogP contribution in [-0.4, -0.2) is 43.6 Å². The van der Waals surface area contributed by atoms with Gasteiger partial charge in [0.05, 0.1) is 33.2 Å². The molecule has 0 saturated carbocycles. The number of aromatic amines is 1. The van der Waals surface area contributed by atoms with E-state index < -0.39 is 5.91 Å². The Hall–Kier alpha value is -4.79. The first-order valence-electron chi connectivity index (χ1n) is 11.1. The van der Waals surface area contributed by atoms with Crippen LogP contribution in [0.5, 0.6) is 23.0 Å². The molecule has 2 N–H and O–H groups in total. The molecule has 0 atom stereocenters. The molecule has 4 rings (SSSR count). The number of nitrogens with one attached hydrogen (secondary N) is 2. The van der Waals surface area contributed by atoms with Gasteiger partial charge in [-0.25, -0.2) is 5.43 Å². The number of nitrogens with zero attached hydrogens (tertiary/aromatic N) is 2. The van der Waals surface area contributed by atoms with E-state index in [4.69, 9.17) is 18.9 Å². The van der Waals surface area contributed by atoms with Crippen LogP contribution in [0.15, 0.2) is 77.9 Å². The van der Waals surface area contributed by atoms with Crippen molar-refractivity contribution in [3.05, 3.63) is 89.6 Å². The predicted molar refractivity (Wildman–Crippen MR) is 136 cm³/mol. The van der Waals surface area contributed by atoms with Gasteiger partial charge < -0.3 is 18.9 Å². The van der Waals surface area contributed by atoms with Gasteiger partial charge in [0, 0.05) is 17.2 Å². The number of H-pyrrole nitrogens is 1. The molecule has 0 aliphatic rings. The van der Waals surface area contributed by atoms with E-state index in [-0.39, 0.29) is 5.69 Å². The van der Waals surface area contributed by atoms with E-state index in [2.05, 4.69) is 20.7 Å². The van der Waals surface area contributed by atoms with Crippen LogP contribution in [0.1, 0.15) is 21.6 Å². The average molecular weight is 487 g/mol. The number of benzene rings is 3. The Labute approximate surface area is 208 Å². The number of hydrazone groups is 1. The van der Waals surface area contributed by atoms with Crippen molar-refractivity contribution in [2.75, 3.05) is 21.3 Å². The largest absolute Gasteiger partial charge is 0.496 e. The van der Waals surface area contributed by atoms with E-state index in [0.29, 0.717) is 35.1 Å². The molecule has 3 aromatic carbocycles. The molecule has 0 saturated heterocycles. The van der Waals surface area contributed by atoms with E-state index in [1.165, 1.54) is 27.5 Å². The third-order valence-electron chi connectivity index (χ3n) is 5.33. The maximum absolute atomic E-state index is 12.5. The highest BCUT2D eigenvalue weighted by Crippen LogP contribution is 2.33. The van der Waals surface area contributed by atoms with Crippen molar-refractivity contribution in [1.29, 1.82) is 0 Å². The standard InChI is InChI=1S/C27H26N4O5/c1-33-24-15-26(35-3)25(34-2)13-20(24)16-28-31-27(32)23-14-22(29-30-23)19-9-11-21(12-10-19)36-17-18-7-5-4-6-8-18/h4-16H,17H2,1-3H3,(H,29,30)(H,31,32)/b28-16-. The highest BCUT2D eigenvalue weighted by Gasteiger charge is 2.12. The van der Waals surface area contributed by atoms with Gasteiger partial charge in [-0.15, -0.1) is 0 Å². The third kappa shape index (κ3) is 5.82. The molecule has 0 bridgehead atoms. The first-order chi connectivity index (χ1) is 17.6. The fourth-order valence-electron chi connectivity index (χ4n) is 3.42. The predicted octanol–water partition coefficient (Wildman–Crippen LogP) is 4.45. The number of amides is 1. The van der Waals surface area contributed by atoms with Crippen LogP contribution in [0.4, 0.5) is 0 Å². The molecule has 0 aliphatic carbocycles. The van der Waals surface area contributed by atoms with Crippen molar-refractivity contribution in [3.63, 3.8) is 0 Å². The maximum atomic E-state index is 12.5. The number of carbonyl (C=O) groups excluding carboxylic acids is 1. The number of hydrogen-bond donors (Lipinski definition) is 2. The van der Waals surface area contributed by atoms with E-state index in [9.17, 15) is 4.79 Å². The Balaban J connectivity index is 1.38. The van der Waals surface area contributed by atoms with Gasteiger partial charge in [-0.05, 0) is 42.0 Å². The molecule has 36 heavy (non-hydrogen) atoms. The summed E-state index contributed by atoms with van der Waals surface area (Å²) in [5.41, 5.74) is 5.92. The Morgan fingerprint density at radius 3 is 2.31 bits per heavy atom. The van der Waals surface area contributed by atoms with E-state index in [0.717, 1.165) is 16.9 Å². The Bertz CT molecular complexity index is 1330. The summed E-state index contributed by atoms with van der Waals surface area (Å²) in [5, 5.41) is 11.0. The van der Waals surface area contributed by atoms with Gasteiger partial charge >= 0.3 is 0 Å². The summed E-state index contributed by atoms with van der Waals surface area (Å²) in [6.07, 6.45) is 1.46. The SMILES string of the molecule is COc1cc(OC)c(OC)cc1/C=N\NC(=O)c1cc(-c2ccc(OCc3ccccc3)cc2)n[nH]1. The second-order valence-corrected chi connectivity index (χ2v) is 7.61. The van der Waals surface area contributed by atoms with Crippen LogP contribution >= 0.6 is 0 Å². The summed E-state index contributed by atoms with van der Waals surface area (Å²) in [6, 6.07) is 22.5. The molecule has 0 aliphatic heterocycles. The molecule has 1 heterocycles. The zero-order valence-corrected chi connectivity index (χ0v) is 20.1. The molecule has 184 valence electrons. The van der Waals surface area contributed by atoms with Crippen molar-refractivity contribution >= 4 is 12.1 Å². The second kappa shape index (κ2) is 11.6. The van der Waals surface area contributed by atoms with E-state index in [1.807, 2.05) is 54.6 Å². The first-order valence-corrected chi connectivity index (χ1v) is 11.1. The number of hydrogen-bond acceptors (Lipinski definition) is 7. The monoisotopic (exact) mass is 486 g/mol. The zero-order chi connectivity index (χ0) is 25.3. The van der Waals surface area contributed by atoms with Gasteiger partial charge in [0.2, 0.25) is 0 Å².